The van der Waals surface area contributed by atoms with Gasteiger partial charge in [0.1, 0.15) is 24.1 Å². The van der Waals surface area contributed by atoms with E-state index in [1.54, 1.807) is 12.3 Å². The van der Waals surface area contributed by atoms with Crippen LogP contribution in [0.5, 0.6) is 0 Å². The van der Waals surface area contributed by atoms with Gasteiger partial charge < -0.3 is 24.4 Å². The summed E-state index contributed by atoms with van der Waals surface area (Å²) in [6, 6.07) is 1.57. The first-order chi connectivity index (χ1) is 16.7. The van der Waals surface area contributed by atoms with Crippen LogP contribution >= 0.6 is 0 Å². The van der Waals surface area contributed by atoms with Crippen LogP contribution < -0.4 is 11.4 Å². The zero-order valence-electron chi connectivity index (χ0n) is 21.9. The lowest BCUT2D eigenvalue weighted by Gasteiger charge is -2.41. The van der Waals surface area contributed by atoms with Crippen LogP contribution in [-0.2, 0) is 13.6 Å². The summed E-state index contributed by atoms with van der Waals surface area (Å²) < 4.78 is 21.6. The molecule has 0 bridgehead atoms. The Morgan fingerprint density at radius 2 is 1.77 bits per heavy atom. The largest absolute Gasteiger partial charge is 0.415 e. The summed E-state index contributed by atoms with van der Waals surface area (Å²) in [6.07, 6.45) is 10.6. The summed E-state index contributed by atoms with van der Waals surface area (Å²) in [5.74, 6) is 0.532. The predicted octanol–water partition coefficient (Wildman–Crippen LogP) is 3.96. The molecule has 0 amide bonds. The van der Waals surface area contributed by atoms with E-state index >= 15 is 0 Å². The van der Waals surface area contributed by atoms with Crippen LogP contribution in [0.1, 0.15) is 70.4 Å². The van der Waals surface area contributed by atoms with Crippen molar-refractivity contribution < 1.29 is 18.7 Å². The molecule has 5 atom stereocenters. The summed E-state index contributed by atoms with van der Waals surface area (Å²) in [4.78, 5) is 16.6. The van der Waals surface area contributed by atoms with Gasteiger partial charge in [0.2, 0.25) is 0 Å². The molecule has 35 heavy (non-hydrogen) atoms. The molecule has 0 spiro atoms. The topological polar surface area (TPSA) is 109 Å². The van der Waals surface area contributed by atoms with Crippen molar-refractivity contribution in [1.82, 2.24) is 9.55 Å². The van der Waals surface area contributed by atoms with Gasteiger partial charge in [-0.25, -0.2) is 4.79 Å². The van der Waals surface area contributed by atoms with Gasteiger partial charge in [-0.3, -0.25) is 4.57 Å². The molecule has 0 radical (unpaired) electrons. The Hall–Kier alpha value is -1.05. The van der Waals surface area contributed by atoms with Crippen molar-refractivity contribution in [2.45, 2.75) is 127 Å². The number of nitrogen functional groups attached to an aromatic ring is 1. The van der Waals surface area contributed by atoms with Gasteiger partial charge in [0.25, 0.3) is 0 Å². The van der Waals surface area contributed by atoms with E-state index in [4.69, 9.17) is 19.3 Å². The van der Waals surface area contributed by atoms with E-state index in [1.165, 1.54) is 55.9 Å². The number of nitrogens with zero attached hydrogens (tertiary/aromatic N) is 2. The summed E-state index contributed by atoms with van der Waals surface area (Å²) in [5, 5.41) is 11.6. The third-order valence-electron chi connectivity index (χ3n) is 8.27. The van der Waals surface area contributed by atoms with Crippen LogP contribution in [0, 0.1) is 5.92 Å². The van der Waals surface area contributed by atoms with E-state index in [0.717, 1.165) is 12.8 Å². The Morgan fingerprint density at radius 1 is 1.14 bits per heavy atom. The predicted molar refractivity (Wildman–Crippen MR) is 142 cm³/mol. The second-order valence-electron chi connectivity index (χ2n) is 11.6. The number of aliphatic hydroxyl groups excluding tert-OH is 1. The summed E-state index contributed by atoms with van der Waals surface area (Å²) >= 11 is 0. The average molecular weight is 524 g/mol. The molecular weight excluding hydrogens is 478 g/mol. The number of nitrogens with two attached hydrogens (primary N) is 1. The fourth-order valence-corrected chi connectivity index (χ4v) is 10.4. The Morgan fingerprint density at radius 3 is 2.37 bits per heavy atom. The van der Waals surface area contributed by atoms with Crippen molar-refractivity contribution in [2.75, 3.05) is 5.73 Å². The molecule has 2 aliphatic carbocycles. The lowest BCUT2D eigenvalue weighted by atomic mass is 9.82. The quantitative estimate of drug-likeness (QED) is 0.497. The summed E-state index contributed by atoms with van der Waals surface area (Å²) in [7, 11) is -3.54. The van der Waals surface area contributed by atoms with E-state index in [9.17, 15) is 9.90 Å². The molecule has 0 aromatic carbocycles. The fourth-order valence-electron chi connectivity index (χ4n) is 6.40. The van der Waals surface area contributed by atoms with Crippen LogP contribution in [-0.4, -0.2) is 56.4 Å². The molecule has 3 aliphatic rings. The number of anilines is 1. The number of aromatic nitrogens is 2. The van der Waals surface area contributed by atoms with Crippen molar-refractivity contribution in [3.63, 3.8) is 0 Å². The lowest BCUT2D eigenvalue weighted by molar-refractivity contribution is -0.0969. The van der Waals surface area contributed by atoms with Crippen molar-refractivity contribution in [2.24, 2.45) is 5.92 Å². The number of rotatable bonds is 8. The molecule has 4 rings (SSSR count). The highest BCUT2D eigenvalue weighted by Crippen LogP contribution is 2.43. The van der Waals surface area contributed by atoms with Gasteiger partial charge in [-0.15, -0.1) is 0 Å². The Bertz CT molecular complexity index is 886. The molecule has 198 valence electrons. The van der Waals surface area contributed by atoms with Gasteiger partial charge in [-0.2, -0.15) is 4.98 Å². The summed E-state index contributed by atoms with van der Waals surface area (Å²) in [5.41, 5.74) is 5.76. The van der Waals surface area contributed by atoms with E-state index in [0.29, 0.717) is 11.5 Å². The van der Waals surface area contributed by atoms with Crippen LogP contribution in [0.4, 0.5) is 5.82 Å². The number of hydrogen-bond donors (Lipinski definition) is 2. The number of ether oxygens (including phenoxy) is 1. The van der Waals surface area contributed by atoms with E-state index < -0.39 is 47.6 Å². The van der Waals surface area contributed by atoms with Crippen molar-refractivity contribution >= 4 is 23.2 Å². The molecule has 1 saturated heterocycles. The van der Waals surface area contributed by atoms with E-state index in [2.05, 4.69) is 31.2 Å². The Kier molecular flexibility index (Phi) is 8.92. The first-order valence-corrected chi connectivity index (χ1v) is 19.5. The first-order valence-electron chi connectivity index (χ1n) is 13.7. The second-order valence-corrected chi connectivity index (χ2v) is 18.2. The first kappa shape index (κ1) is 27.0. The van der Waals surface area contributed by atoms with Gasteiger partial charge in [0.05, 0.1) is 6.10 Å². The molecular formula is C25H45N3O5Si2. The normalized spacial score (nSPS) is 30.1. The molecule has 8 nitrogen and oxygen atoms in total. The Balaban J connectivity index is 1.67. The highest BCUT2D eigenvalue weighted by Gasteiger charge is 2.53. The minimum absolute atomic E-state index is 0.139. The van der Waals surface area contributed by atoms with Crippen molar-refractivity contribution in [3.05, 3.63) is 22.7 Å². The maximum Gasteiger partial charge on any atom is 0.351 e. The molecule has 1 aromatic heterocycles. The minimum Gasteiger partial charge on any atom is -0.415 e. The molecule has 1 aliphatic heterocycles. The minimum atomic E-state index is -2.15. The Labute approximate surface area is 212 Å². The molecule has 1 aromatic rings. The molecule has 10 heteroatoms. The second kappa shape index (κ2) is 11.6. The van der Waals surface area contributed by atoms with E-state index in [-0.39, 0.29) is 11.9 Å². The SMILES string of the molecule is C[SiH](C)OC(C1CCCCC1)C1OC(n2ccc(N)nc2=O)C(O)C1O[Si](C)(C)C1CCCCC1. The third-order valence-corrected chi connectivity index (χ3v) is 12.6. The molecule has 5 unspecified atom stereocenters. The van der Waals surface area contributed by atoms with Crippen molar-refractivity contribution in [3.8, 4) is 0 Å². The summed E-state index contributed by atoms with van der Waals surface area (Å²) in [6.45, 7) is 8.93. The molecule has 2 heterocycles. The number of hydrogen-bond acceptors (Lipinski definition) is 7. The smallest absolute Gasteiger partial charge is 0.351 e. The van der Waals surface area contributed by atoms with Gasteiger partial charge in [0, 0.05) is 6.20 Å². The van der Waals surface area contributed by atoms with Crippen LogP contribution in [0.3, 0.4) is 0 Å². The van der Waals surface area contributed by atoms with Crippen LogP contribution in [0.2, 0.25) is 31.7 Å². The maximum absolute atomic E-state index is 12.7. The third kappa shape index (κ3) is 6.27. The molecule has 2 saturated carbocycles. The monoisotopic (exact) mass is 523 g/mol. The van der Waals surface area contributed by atoms with Gasteiger partial charge in [0.15, 0.2) is 23.6 Å². The lowest BCUT2D eigenvalue weighted by Crippen LogP contribution is -2.52. The zero-order valence-corrected chi connectivity index (χ0v) is 24.1. The fraction of sp³-hybridized carbons (Fsp3) is 0.840. The zero-order chi connectivity index (χ0) is 25.2. The highest BCUT2D eigenvalue weighted by atomic mass is 28.4. The van der Waals surface area contributed by atoms with Crippen LogP contribution in [0.25, 0.3) is 0 Å². The van der Waals surface area contributed by atoms with E-state index in [1.807, 2.05) is 0 Å². The maximum atomic E-state index is 12.7. The molecule has 3 fully saturated rings. The van der Waals surface area contributed by atoms with Crippen molar-refractivity contribution in [1.29, 1.82) is 0 Å². The van der Waals surface area contributed by atoms with Gasteiger partial charge in [-0.1, -0.05) is 51.4 Å². The molecule has 3 N–H and O–H groups in total. The number of aliphatic hydroxyl groups is 1. The highest BCUT2D eigenvalue weighted by molar-refractivity contribution is 6.72. The van der Waals surface area contributed by atoms with Gasteiger partial charge in [-0.05, 0) is 56.6 Å². The van der Waals surface area contributed by atoms with Crippen LogP contribution in [0.15, 0.2) is 17.1 Å². The van der Waals surface area contributed by atoms with Gasteiger partial charge >= 0.3 is 5.69 Å². The average Bonchev–Trinajstić information content (AvgIpc) is 3.13. The standard InChI is InChI=1S/C25H45N3O5Si2/c1-34(2)32-21(17-11-7-5-8-12-17)23-22(33-35(3,4)18-13-9-6-10-14-18)20(29)24(31-23)28-16-15-19(26)27-25(28)30/h15-18,20-24,29,34H,5-14H2,1-4H3,(H2,26,27,30).